The van der Waals surface area contributed by atoms with Crippen molar-refractivity contribution in [2.24, 2.45) is 0 Å². The van der Waals surface area contributed by atoms with Gasteiger partial charge in [-0.15, -0.1) is 0 Å². The Morgan fingerprint density at radius 2 is 1.89 bits per heavy atom. The molecule has 0 N–H and O–H groups in total. The van der Waals surface area contributed by atoms with Crippen LogP contribution in [0.2, 0.25) is 0 Å². The van der Waals surface area contributed by atoms with Crippen molar-refractivity contribution in [1.29, 1.82) is 5.26 Å². The van der Waals surface area contributed by atoms with Gasteiger partial charge >= 0.3 is 5.97 Å². The number of nitrogens with zero attached hydrogens (tertiary/aromatic N) is 2. The standard InChI is InChI=1S/C15H20N2O2/c1-15(2,3)19-14(18)9-10-17(4)13-7-5-12(11-16)6-8-13/h5-8H,9-10H2,1-4H3. The van der Waals surface area contributed by atoms with Crippen LogP contribution >= 0.6 is 0 Å². The number of nitriles is 1. The second kappa shape index (κ2) is 6.24. The summed E-state index contributed by atoms with van der Waals surface area (Å²) in [4.78, 5) is 13.6. The van der Waals surface area contributed by atoms with Gasteiger partial charge in [0.05, 0.1) is 18.1 Å². The largest absolute Gasteiger partial charge is 0.460 e. The van der Waals surface area contributed by atoms with E-state index in [0.29, 0.717) is 18.5 Å². The van der Waals surface area contributed by atoms with Crippen LogP contribution in [0.4, 0.5) is 5.69 Å². The third-order valence-electron chi connectivity index (χ3n) is 2.51. The van der Waals surface area contributed by atoms with Crippen molar-refractivity contribution < 1.29 is 9.53 Å². The maximum absolute atomic E-state index is 11.6. The number of benzene rings is 1. The number of hydrogen-bond acceptors (Lipinski definition) is 4. The van der Waals surface area contributed by atoms with Crippen LogP contribution in [0.25, 0.3) is 0 Å². The zero-order chi connectivity index (χ0) is 14.5. The number of carbonyl (C=O) groups is 1. The molecule has 0 amide bonds. The first-order valence-electron chi connectivity index (χ1n) is 6.25. The highest BCUT2D eigenvalue weighted by molar-refractivity contribution is 5.70. The fourth-order valence-corrected chi connectivity index (χ4v) is 1.57. The van der Waals surface area contributed by atoms with Crippen LogP contribution in [0.5, 0.6) is 0 Å². The molecule has 19 heavy (non-hydrogen) atoms. The SMILES string of the molecule is CN(CCC(=O)OC(C)(C)C)c1ccc(C#N)cc1. The van der Waals surface area contributed by atoms with E-state index in [1.54, 1.807) is 12.1 Å². The van der Waals surface area contributed by atoms with E-state index in [4.69, 9.17) is 10.00 Å². The molecule has 0 radical (unpaired) electrons. The summed E-state index contributed by atoms with van der Waals surface area (Å²) in [6.45, 7) is 6.15. The van der Waals surface area contributed by atoms with E-state index in [2.05, 4.69) is 6.07 Å². The van der Waals surface area contributed by atoms with Gasteiger partial charge in [-0.1, -0.05) is 0 Å². The topological polar surface area (TPSA) is 53.3 Å². The third kappa shape index (κ3) is 5.43. The van der Waals surface area contributed by atoms with E-state index in [1.807, 2.05) is 44.9 Å². The Labute approximate surface area is 114 Å². The molecule has 0 heterocycles. The van der Waals surface area contributed by atoms with Crippen LogP contribution in [-0.2, 0) is 9.53 Å². The molecule has 0 aliphatic heterocycles. The van der Waals surface area contributed by atoms with Crippen molar-refractivity contribution in [3.05, 3.63) is 29.8 Å². The Bertz CT molecular complexity index is 466. The highest BCUT2D eigenvalue weighted by Crippen LogP contribution is 2.14. The molecule has 0 aliphatic carbocycles. The molecule has 4 heteroatoms. The Kier molecular flexibility index (Phi) is 4.94. The smallest absolute Gasteiger partial charge is 0.308 e. The zero-order valence-electron chi connectivity index (χ0n) is 11.9. The highest BCUT2D eigenvalue weighted by atomic mass is 16.6. The van der Waals surface area contributed by atoms with Crippen molar-refractivity contribution in [2.75, 3.05) is 18.5 Å². The predicted octanol–water partition coefficient (Wildman–Crippen LogP) is 2.73. The summed E-state index contributed by atoms with van der Waals surface area (Å²) in [6.07, 6.45) is 0.341. The van der Waals surface area contributed by atoms with E-state index in [0.717, 1.165) is 5.69 Å². The molecule has 0 saturated heterocycles. The molecule has 0 bridgehead atoms. The molecule has 0 aromatic heterocycles. The van der Waals surface area contributed by atoms with Crippen LogP contribution in [-0.4, -0.2) is 25.2 Å². The predicted molar refractivity (Wildman–Crippen MR) is 74.9 cm³/mol. The minimum atomic E-state index is -0.440. The number of ether oxygens (including phenoxy) is 1. The summed E-state index contributed by atoms with van der Waals surface area (Å²) < 4.78 is 5.25. The van der Waals surface area contributed by atoms with Gasteiger partial charge in [0.1, 0.15) is 5.60 Å². The molecule has 0 aliphatic rings. The summed E-state index contributed by atoms with van der Waals surface area (Å²) in [5, 5.41) is 8.73. The number of hydrogen-bond donors (Lipinski definition) is 0. The van der Waals surface area contributed by atoms with Gasteiger partial charge in [0.15, 0.2) is 0 Å². The lowest BCUT2D eigenvalue weighted by Gasteiger charge is -2.22. The number of anilines is 1. The molecule has 0 unspecified atom stereocenters. The van der Waals surface area contributed by atoms with Crippen molar-refractivity contribution in [3.63, 3.8) is 0 Å². The molecule has 0 fully saturated rings. The molecule has 102 valence electrons. The van der Waals surface area contributed by atoms with E-state index in [9.17, 15) is 4.79 Å². The van der Waals surface area contributed by atoms with Crippen molar-refractivity contribution in [1.82, 2.24) is 0 Å². The van der Waals surface area contributed by atoms with Crippen LogP contribution in [0.3, 0.4) is 0 Å². The van der Waals surface area contributed by atoms with Gasteiger partial charge in [0.25, 0.3) is 0 Å². The second-order valence-corrected chi connectivity index (χ2v) is 5.42. The van der Waals surface area contributed by atoms with Crippen LogP contribution in [0.15, 0.2) is 24.3 Å². The average Bonchev–Trinajstić information content (AvgIpc) is 2.34. The summed E-state index contributed by atoms with van der Waals surface area (Å²) in [5.41, 5.74) is 1.16. The van der Waals surface area contributed by atoms with Gasteiger partial charge in [-0.2, -0.15) is 5.26 Å². The monoisotopic (exact) mass is 260 g/mol. The first-order valence-corrected chi connectivity index (χ1v) is 6.25. The van der Waals surface area contributed by atoms with Crippen molar-refractivity contribution in [3.8, 4) is 6.07 Å². The van der Waals surface area contributed by atoms with E-state index >= 15 is 0 Å². The molecular formula is C15H20N2O2. The molecule has 0 spiro atoms. The van der Waals surface area contributed by atoms with Crippen LogP contribution in [0, 0.1) is 11.3 Å². The van der Waals surface area contributed by atoms with E-state index < -0.39 is 5.60 Å². The maximum Gasteiger partial charge on any atom is 0.308 e. The highest BCUT2D eigenvalue weighted by Gasteiger charge is 2.16. The lowest BCUT2D eigenvalue weighted by molar-refractivity contribution is -0.154. The van der Waals surface area contributed by atoms with Crippen molar-refractivity contribution >= 4 is 11.7 Å². The van der Waals surface area contributed by atoms with Gasteiger partial charge in [0, 0.05) is 19.3 Å². The van der Waals surface area contributed by atoms with Gasteiger partial charge in [-0.25, -0.2) is 0 Å². The fraction of sp³-hybridized carbons (Fsp3) is 0.467. The number of carbonyl (C=O) groups excluding carboxylic acids is 1. The maximum atomic E-state index is 11.6. The quantitative estimate of drug-likeness (QED) is 0.781. The summed E-state index contributed by atoms with van der Waals surface area (Å²) >= 11 is 0. The number of rotatable bonds is 4. The minimum absolute atomic E-state index is 0.201. The molecule has 1 aromatic carbocycles. The molecule has 0 atom stereocenters. The fourth-order valence-electron chi connectivity index (χ4n) is 1.57. The van der Waals surface area contributed by atoms with Gasteiger partial charge in [0.2, 0.25) is 0 Å². The molecule has 1 aromatic rings. The Morgan fingerprint density at radius 3 is 2.37 bits per heavy atom. The van der Waals surface area contributed by atoms with Crippen LogP contribution in [0.1, 0.15) is 32.8 Å². The lowest BCUT2D eigenvalue weighted by atomic mass is 10.2. The minimum Gasteiger partial charge on any atom is -0.460 e. The second-order valence-electron chi connectivity index (χ2n) is 5.42. The average molecular weight is 260 g/mol. The van der Waals surface area contributed by atoms with Gasteiger partial charge < -0.3 is 9.64 Å². The van der Waals surface area contributed by atoms with E-state index in [-0.39, 0.29) is 5.97 Å². The molecule has 1 rings (SSSR count). The molecule has 0 saturated carbocycles. The third-order valence-corrected chi connectivity index (χ3v) is 2.51. The Hall–Kier alpha value is -2.02. The lowest BCUT2D eigenvalue weighted by Crippen LogP contribution is -2.27. The van der Waals surface area contributed by atoms with E-state index in [1.165, 1.54) is 0 Å². The Morgan fingerprint density at radius 1 is 1.32 bits per heavy atom. The normalized spacial score (nSPS) is 10.7. The first-order chi connectivity index (χ1) is 8.81. The van der Waals surface area contributed by atoms with Gasteiger partial charge in [-0.3, -0.25) is 4.79 Å². The summed E-state index contributed by atoms with van der Waals surface area (Å²) in [5.74, 6) is -0.201. The van der Waals surface area contributed by atoms with Gasteiger partial charge in [-0.05, 0) is 45.0 Å². The summed E-state index contributed by atoms with van der Waals surface area (Å²) in [7, 11) is 1.91. The molecular weight excluding hydrogens is 240 g/mol. The first kappa shape index (κ1) is 15.0. The Balaban J connectivity index is 2.49. The summed E-state index contributed by atoms with van der Waals surface area (Å²) in [6, 6.07) is 9.34. The van der Waals surface area contributed by atoms with Crippen LogP contribution < -0.4 is 4.90 Å². The number of esters is 1. The zero-order valence-corrected chi connectivity index (χ0v) is 11.9. The molecule has 4 nitrogen and oxygen atoms in total. The van der Waals surface area contributed by atoms with Crippen molar-refractivity contribution in [2.45, 2.75) is 32.8 Å².